The Labute approximate surface area is 109 Å². The first kappa shape index (κ1) is 12.7. The molecule has 1 aromatic carbocycles. The van der Waals surface area contributed by atoms with Crippen molar-refractivity contribution in [2.24, 2.45) is 5.41 Å². The highest BCUT2D eigenvalue weighted by atomic mass is 35.5. The lowest BCUT2D eigenvalue weighted by atomic mass is 9.92. The van der Waals surface area contributed by atoms with Gasteiger partial charge in [-0.2, -0.15) is 0 Å². The van der Waals surface area contributed by atoms with Gasteiger partial charge in [0.15, 0.2) is 0 Å². The molecule has 5 heteroatoms. The summed E-state index contributed by atoms with van der Waals surface area (Å²) in [6.07, 6.45) is 0.680. The minimum Gasteiger partial charge on any atom is -0.370 e. The summed E-state index contributed by atoms with van der Waals surface area (Å²) < 4.78 is 13.3. The van der Waals surface area contributed by atoms with E-state index in [1.165, 1.54) is 12.1 Å². The lowest BCUT2D eigenvalue weighted by molar-refractivity contribution is -0.118. The van der Waals surface area contributed by atoms with Gasteiger partial charge in [0.05, 0.1) is 10.4 Å². The average molecular weight is 276 g/mol. The van der Waals surface area contributed by atoms with Gasteiger partial charge in [-0.1, -0.05) is 11.6 Å². The predicted molar refractivity (Wildman–Crippen MR) is 67.2 cm³/mol. The summed E-state index contributed by atoms with van der Waals surface area (Å²) in [6, 6.07) is 4.65. The number of halogens is 3. The van der Waals surface area contributed by atoms with Crippen molar-refractivity contribution in [2.45, 2.75) is 13.3 Å². The van der Waals surface area contributed by atoms with Crippen LogP contribution in [0.15, 0.2) is 18.2 Å². The molecular weight excluding hydrogens is 264 g/mol. The summed E-state index contributed by atoms with van der Waals surface area (Å²) >= 11 is 11.2. The van der Waals surface area contributed by atoms with E-state index in [0.29, 0.717) is 19.5 Å². The number of carbonyl (C=O) groups is 1. The summed E-state index contributed by atoms with van der Waals surface area (Å²) in [7, 11) is 0. The lowest BCUT2D eigenvalue weighted by Gasteiger charge is -2.22. The van der Waals surface area contributed by atoms with Gasteiger partial charge in [0.1, 0.15) is 5.82 Å². The highest BCUT2D eigenvalue weighted by Gasteiger charge is 2.39. The molecule has 1 unspecified atom stereocenters. The van der Waals surface area contributed by atoms with Crippen LogP contribution in [0, 0.1) is 11.2 Å². The van der Waals surface area contributed by atoms with Crippen molar-refractivity contribution in [3.63, 3.8) is 0 Å². The van der Waals surface area contributed by atoms with Crippen LogP contribution < -0.4 is 4.90 Å². The number of benzene rings is 1. The van der Waals surface area contributed by atoms with E-state index in [1.54, 1.807) is 6.07 Å². The standard InChI is InChI=1S/C12H12Cl2FNO/c1-12(11(14)17)4-5-16(7-12)8-2-3-9(13)10(15)6-8/h2-3,6H,4-5,7H2,1H3. The SMILES string of the molecule is CC1(C(=O)Cl)CCN(c2ccc(Cl)c(F)c2)C1. The number of carbonyl (C=O) groups excluding carboxylic acids is 1. The molecule has 0 bridgehead atoms. The predicted octanol–water partition coefficient (Wildman–Crippen LogP) is 3.46. The zero-order valence-corrected chi connectivity index (χ0v) is 10.9. The Balaban J connectivity index is 2.21. The molecular formula is C12H12Cl2FNO. The highest BCUT2D eigenvalue weighted by Crippen LogP contribution is 2.35. The molecule has 92 valence electrons. The van der Waals surface area contributed by atoms with E-state index >= 15 is 0 Å². The third-order valence-electron chi connectivity index (χ3n) is 3.22. The smallest absolute Gasteiger partial charge is 0.229 e. The first-order valence-corrected chi connectivity index (χ1v) is 6.08. The van der Waals surface area contributed by atoms with Crippen molar-refractivity contribution in [3.8, 4) is 0 Å². The van der Waals surface area contributed by atoms with Crippen LogP contribution in [0.4, 0.5) is 10.1 Å². The molecule has 0 radical (unpaired) electrons. The average Bonchev–Trinajstić information content (AvgIpc) is 2.67. The summed E-state index contributed by atoms with van der Waals surface area (Å²) in [4.78, 5) is 13.3. The van der Waals surface area contributed by atoms with Gasteiger partial charge in [-0.25, -0.2) is 4.39 Å². The minimum absolute atomic E-state index is 0.101. The Morgan fingerprint density at radius 1 is 1.53 bits per heavy atom. The van der Waals surface area contributed by atoms with Gasteiger partial charge < -0.3 is 4.90 Å². The largest absolute Gasteiger partial charge is 0.370 e. The van der Waals surface area contributed by atoms with Crippen molar-refractivity contribution in [1.29, 1.82) is 0 Å². The second-order valence-electron chi connectivity index (χ2n) is 4.60. The monoisotopic (exact) mass is 275 g/mol. The Bertz CT molecular complexity index is 466. The van der Waals surface area contributed by atoms with Crippen LogP contribution in [-0.2, 0) is 4.79 Å². The number of rotatable bonds is 2. The van der Waals surface area contributed by atoms with Crippen LogP contribution in [0.1, 0.15) is 13.3 Å². The molecule has 17 heavy (non-hydrogen) atoms. The van der Waals surface area contributed by atoms with E-state index in [1.807, 2.05) is 11.8 Å². The second-order valence-corrected chi connectivity index (χ2v) is 5.35. The van der Waals surface area contributed by atoms with Crippen molar-refractivity contribution in [2.75, 3.05) is 18.0 Å². The molecule has 1 saturated heterocycles. The van der Waals surface area contributed by atoms with Crippen LogP contribution in [0.5, 0.6) is 0 Å². The van der Waals surface area contributed by atoms with Gasteiger partial charge in [-0.3, -0.25) is 4.79 Å². The topological polar surface area (TPSA) is 20.3 Å². The fraction of sp³-hybridized carbons (Fsp3) is 0.417. The molecule has 1 aliphatic rings. The first-order chi connectivity index (χ1) is 7.92. The molecule has 1 heterocycles. The molecule has 1 atom stereocenters. The molecule has 1 aliphatic heterocycles. The van der Waals surface area contributed by atoms with Gasteiger partial charge in [0, 0.05) is 18.8 Å². The zero-order valence-electron chi connectivity index (χ0n) is 9.34. The van der Waals surface area contributed by atoms with E-state index in [4.69, 9.17) is 23.2 Å². The minimum atomic E-state index is -0.544. The van der Waals surface area contributed by atoms with Gasteiger partial charge in [-0.15, -0.1) is 0 Å². The molecule has 0 N–H and O–H groups in total. The summed E-state index contributed by atoms with van der Waals surface area (Å²) in [6.45, 7) is 3.03. The van der Waals surface area contributed by atoms with Crippen molar-refractivity contribution >= 4 is 34.1 Å². The van der Waals surface area contributed by atoms with Crippen molar-refractivity contribution < 1.29 is 9.18 Å². The third kappa shape index (κ3) is 2.40. The molecule has 0 spiro atoms. The molecule has 0 aliphatic carbocycles. The Morgan fingerprint density at radius 2 is 2.24 bits per heavy atom. The van der Waals surface area contributed by atoms with Crippen molar-refractivity contribution in [3.05, 3.63) is 29.0 Å². The van der Waals surface area contributed by atoms with Gasteiger partial charge in [0.2, 0.25) is 5.24 Å². The van der Waals surface area contributed by atoms with Crippen LogP contribution in [0.25, 0.3) is 0 Å². The number of anilines is 1. The summed E-state index contributed by atoms with van der Waals surface area (Å²) in [5.41, 5.74) is 0.186. The second kappa shape index (κ2) is 4.46. The molecule has 2 nitrogen and oxygen atoms in total. The van der Waals surface area contributed by atoms with Crippen LogP contribution >= 0.6 is 23.2 Å². The van der Waals surface area contributed by atoms with Crippen LogP contribution in [0.3, 0.4) is 0 Å². The fourth-order valence-electron chi connectivity index (χ4n) is 2.02. The van der Waals surface area contributed by atoms with Gasteiger partial charge >= 0.3 is 0 Å². The van der Waals surface area contributed by atoms with E-state index in [9.17, 15) is 9.18 Å². The number of hydrogen-bond acceptors (Lipinski definition) is 2. The van der Waals surface area contributed by atoms with E-state index < -0.39 is 11.2 Å². The van der Waals surface area contributed by atoms with Crippen LogP contribution in [-0.4, -0.2) is 18.3 Å². The Hall–Kier alpha value is -0.800. The zero-order chi connectivity index (χ0) is 12.6. The lowest BCUT2D eigenvalue weighted by Crippen LogP contribution is -2.29. The maximum absolute atomic E-state index is 13.3. The molecule has 1 aromatic rings. The number of nitrogens with zero attached hydrogens (tertiary/aromatic N) is 1. The maximum Gasteiger partial charge on any atom is 0.229 e. The third-order valence-corrected chi connectivity index (χ3v) is 3.98. The normalized spacial score (nSPS) is 24.1. The highest BCUT2D eigenvalue weighted by molar-refractivity contribution is 6.64. The molecule has 0 aromatic heterocycles. The Kier molecular flexibility index (Phi) is 3.32. The maximum atomic E-state index is 13.3. The van der Waals surface area contributed by atoms with E-state index in [2.05, 4.69) is 0 Å². The van der Waals surface area contributed by atoms with Gasteiger partial charge in [0.25, 0.3) is 0 Å². The molecule has 2 rings (SSSR count). The van der Waals surface area contributed by atoms with Crippen LogP contribution in [0.2, 0.25) is 5.02 Å². The van der Waals surface area contributed by atoms with Crippen molar-refractivity contribution in [1.82, 2.24) is 0 Å². The van der Waals surface area contributed by atoms with E-state index in [0.717, 1.165) is 5.69 Å². The fourth-order valence-corrected chi connectivity index (χ4v) is 2.30. The molecule has 0 amide bonds. The summed E-state index contributed by atoms with van der Waals surface area (Å²) in [5, 5.41) is -0.237. The number of hydrogen-bond donors (Lipinski definition) is 0. The van der Waals surface area contributed by atoms with E-state index in [-0.39, 0.29) is 10.3 Å². The van der Waals surface area contributed by atoms with Gasteiger partial charge in [-0.05, 0) is 43.1 Å². The summed E-state index contributed by atoms with van der Waals surface area (Å²) in [5.74, 6) is -0.449. The molecule has 0 saturated carbocycles. The Morgan fingerprint density at radius 3 is 2.76 bits per heavy atom. The molecule has 1 fully saturated rings. The quantitative estimate of drug-likeness (QED) is 0.771. The first-order valence-electron chi connectivity index (χ1n) is 5.32.